The molecule has 0 spiro atoms. The summed E-state index contributed by atoms with van der Waals surface area (Å²) >= 11 is 0. The molecule has 1 aromatic heterocycles. The van der Waals surface area contributed by atoms with Crippen molar-refractivity contribution in [3.63, 3.8) is 0 Å². The van der Waals surface area contributed by atoms with E-state index in [2.05, 4.69) is 22.2 Å². The zero-order valence-corrected chi connectivity index (χ0v) is 12.2. The maximum atomic E-state index is 13.4. The predicted molar refractivity (Wildman–Crippen MR) is 78.9 cm³/mol. The molecule has 3 nitrogen and oxygen atoms in total. The Bertz CT molecular complexity index is 596. The van der Waals surface area contributed by atoms with Gasteiger partial charge in [-0.1, -0.05) is 13.0 Å². The molecule has 2 aromatic rings. The fourth-order valence-electron chi connectivity index (χ4n) is 2.07. The second kappa shape index (κ2) is 6.57. The van der Waals surface area contributed by atoms with E-state index >= 15 is 0 Å². The monoisotopic (exact) mass is 273 g/mol. The van der Waals surface area contributed by atoms with E-state index in [1.54, 1.807) is 6.07 Å². The third-order valence-electron chi connectivity index (χ3n) is 3.08. The zero-order valence-electron chi connectivity index (χ0n) is 12.2. The molecule has 0 aliphatic heterocycles. The number of benzene rings is 1. The molecule has 0 bridgehead atoms. The van der Waals surface area contributed by atoms with E-state index in [0.29, 0.717) is 12.4 Å². The number of nitrogens with one attached hydrogen (secondary N) is 1. The summed E-state index contributed by atoms with van der Waals surface area (Å²) in [6, 6.07) is 6.66. The number of hydrogen-bond donors (Lipinski definition) is 1. The number of rotatable bonds is 5. The molecule has 0 aliphatic carbocycles. The molecular weight excluding hydrogens is 253 g/mol. The van der Waals surface area contributed by atoms with Crippen molar-refractivity contribution in [2.45, 2.75) is 33.7 Å². The molecule has 1 heterocycles. The molecule has 0 saturated heterocycles. The van der Waals surface area contributed by atoms with Crippen LogP contribution in [0.25, 0.3) is 11.4 Å². The van der Waals surface area contributed by atoms with Crippen LogP contribution in [0.1, 0.15) is 30.3 Å². The Hall–Kier alpha value is -1.81. The van der Waals surface area contributed by atoms with Gasteiger partial charge in [-0.05, 0) is 50.6 Å². The average molecular weight is 273 g/mol. The summed E-state index contributed by atoms with van der Waals surface area (Å²) in [5, 5.41) is 3.32. The van der Waals surface area contributed by atoms with Crippen molar-refractivity contribution < 1.29 is 4.39 Å². The third-order valence-corrected chi connectivity index (χ3v) is 3.08. The van der Waals surface area contributed by atoms with Gasteiger partial charge in [0.2, 0.25) is 0 Å². The Morgan fingerprint density at radius 3 is 2.70 bits per heavy atom. The van der Waals surface area contributed by atoms with Crippen LogP contribution in [-0.2, 0) is 6.54 Å². The van der Waals surface area contributed by atoms with Crippen LogP contribution in [0.2, 0.25) is 0 Å². The van der Waals surface area contributed by atoms with Crippen LogP contribution < -0.4 is 5.32 Å². The van der Waals surface area contributed by atoms with Crippen LogP contribution in [0, 0.1) is 19.7 Å². The van der Waals surface area contributed by atoms with E-state index in [4.69, 9.17) is 0 Å². The molecule has 0 aliphatic rings. The smallest absolute Gasteiger partial charge is 0.160 e. The number of halogens is 1. The quantitative estimate of drug-likeness (QED) is 0.848. The van der Waals surface area contributed by atoms with Crippen molar-refractivity contribution in [2.24, 2.45) is 0 Å². The maximum Gasteiger partial charge on any atom is 0.160 e. The van der Waals surface area contributed by atoms with Crippen LogP contribution in [0.5, 0.6) is 0 Å². The fraction of sp³-hybridized carbons (Fsp3) is 0.375. The van der Waals surface area contributed by atoms with Crippen molar-refractivity contribution in [3.8, 4) is 11.4 Å². The van der Waals surface area contributed by atoms with E-state index < -0.39 is 0 Å². The number of nitrogens with zero attached hydrogens (tertiary/aromatic N) is 2. The molecule has 1 N–H and O–H groups in total. The summed E-state index contributed by atoms with van der Waals surface area (Å²) in [7, 11) is 0. The molecule has 2 rings (SSSR count). The van der Waals surface area contributed by atoms with Crippen LogP contribution in [0.15, 0.2) is 24.3 Å². The largest absolute Gasteiger partial charge is 0.311 e. The third kappa shape index (κ3) is 3.61. The molecule has 0 fully saturated rings. The van der Waals surface area contributed by atoms with Crippen LogP contribution in [-0.4, -0.2) is 16.5 Å². The van der Waals surface area contributed by atoms with E-state index in [0.717, 1.165) is 35.5 Å². The molecule has 0 saturated carbocycles. The second-order valence-corrected chi connectivity index (χ2v) is 4.96. The lowest BCUT2D eigenvalue weighted by atomic mass is 10.1. The molecule has 1 aromatic carbocycles. The maximum absolute atomic E-state index is 13.4. The highest BCUT2D eigenvalue weighted by molar-refractivity contribution is 5.60. The minimum absolute atomic E-state index is 0.263. The SMILES string of the molecule is CCCNCc1cc(C)nc(-c2cc(F)ccc2C)n1. The summed E-state index contributed by atoms with van der Waals surface area (Å²) in [6.45, 7) is 7.66. The van der Waals surface area contributed by atoms with Crippen LogP contribution >= 0.6 is 0 Å². The first-order valence-electron chi connectivity index (χ1n) is 6.92. The van der Waals surface area contributed by atoms with Crippen molar-refractivity contribution in [1.82, 2.24) is 15.3 Å². The predicted octanol–water partition coefficient (Wildman–Crippen LogP) is 3.40. The highest BCUT2D eigenvalue weighted by atomic mass is 19.1. The Morgan fingerprint density at radius 1 is 1.15 bits per heavy atom. The average Bonchev–Trinajstić information content (AvgIpc) is 2.41. The van der Waals surface area contributed by atoms with E-state index in [9.17, 15) is 4.39 Å². The summed E-state index contributed by atoms with van der Waals surface area (Å²) in [5.74, 6) is 0.330. The summed E-state index contributed by atoms with van der Waals surface area (Å²) < 4.78 is 13.4. The Kier molecular flexibility index (Phi) is 4.79. The molecular formula is C16H20FN3. The second-order valence-electron chi connectivity index (χ2n) is 4.96. The van der Waals surface area contributed by atoms with Gasteiger partial charge in [-0.25, -0.2) is 14.4 Å². The molecule has 0 amide bonds. The minimum Gasteiger partial charge on any atom is -0.311 e. The standard InChI is InChI=1S/C16H20FN3/c1-4-7-18-10-14-8-12(3)19-16(20-14)15-9-13(17)6-5-11(15)2/h5-6,8-9,18H,4,7,10H2,1-3H3. The van der Waals surface area contributed by atoms with Gasteiger partial charge in [0.15, 0.2) is 5.82 Å². The minimum atomic E-state index is -0.263. The van der Waals surface area contributed by atoms with Crippen molar-refractivity contribution in [2.75, 3.05) is 6.54 Å². The highest BCUT2D eigenvalue weighted by Gasteiger charge is 2.09. The van der Waals surface area contributed by atoms with Crippen molar-refractivity contribution in [3.05, 3.63) is 47.0 Å². The number of aryl methyl sites for hydroxylation is 2. The van der Waals surface area contributed by atoms with Gasteiger partial charge in [-0.3, -0.25) is 0 Å². The lowest BCUT2D eigenvalue weighted by Gasteiger charge is -2.09. The molecule has 106 valence electrons. The highest BCUT2D eigenvalue weighted by Crippen LogP contribution is 2.21. The van der Waals surface area contributed by atoms with E-state index in [1.165, 1.54) is 12.1 Å². The molecule has 0 radical (unpaired) electrons. The van der Waals surface area contributed by atoms with Gasteiger partial charge >= 0.3 is 0 Å². The fourth-order valence-corrected chi connectivity index (χ4v) is 2.07. The van der Waals surface area contributed by atoms with Gasteiger partial charge in [0, 0.05) is 17.8 Å². The Labute approximate surface area is 119 Å². The van der Waals surface area contributed by atoms with Gasteiger partial charge < -0.3 is 5.32 Å². The van der Waals surface area contributed by atoms with E-state index in [1.807, 2.05) is 19.9 Å². The summed E-state index contributed by atoms with van der Waals surface area (Å²) in [5.41, 5.74) is 3.56. The molecule has 20 heavy (non-hydrogen) atoms. The summed E-state index contributed by atoms with van der Waals surface area (Å²) in [6.07, 6.45) is 1.08. The Morgan fingerprint density at radius 2 is 1.95 bits per heavy atom. The number of hydrogen-bond acceptors (Lipinski definition) is 3. The van der Waals surface area contributed by atoms with Gasteiger partial charge in [0.25, 0.3) is 0 Å². The lowest BCUT2D eigenvalue weighted by Crippen LogP contribution is -2.15. The Balaban J connectivity index is 2.34. The first kappa shape index (κ1) is 14.6. The first-order valence-corrected chi connectivity index (χ1v) is 6.92. The lowest BCUT2D eigenvalue weighted by molar-refractivity contribution is 0.627. The topological polar surface area (TPSA) is 37.8 Å². The van der Waals surface area contributed by atoms with Gasteiger partial charge in [0.1, 0.15) is 5.82 Å². The van der Waals surface area contributed by atoms with Gasteiger partial charge in [-0.2, -0.15) is 0 Å². The van der Waals surface area contributed by atoms with Gasteiger partial charge in [-0.15, -0.1) is 0 Å². The summed E-state index contributed by atoms with van der Waals surface area (Å²) in [4.78, 5) is 8.97. The first-order chi connectivity index (χ1) is 9.60. The van der Waals surface area contributed by atoms with Crippen LogP contribution in [0.3, 0.4) is 0 Å². The van der Waals surface area contributed by atoms with Crippen molar-refractivity contribution >= 4 is 0 Å². The molecule has 0 unspecified atom stereocenters. The van der Waals surface area contributed by atoms with E-state index in [-0.39, 0.29) is 5.82 Å². The normalized spacial score (nSPS) is 10.8. The number of aromatic nitrogens is 2. The zero-order chi connectivity index (χ0) is 14.5. The van der Waals surface area contributed by atoms with Gasteiger partial charge in [0.05, 0.1) is 5.69 Å². The molecule has 0 atom stereocenters. The van der Waals surface area contributed by atoms with Crippen molar-refractivity contribution in [1.29, 1.82) is 0 Å². The molecule has 4 heteroatoms. The van der Waals surface area contributed by atoms with Crippen LogP contribution in [0.4, 0.5) is 4.39 Å².